The molecule has 1 N–H and O–H groups in total. The van der Waals surface area contributed by atoms with Crippen LogP contribution in [0.15, 0.2) is 37.1 Å². The molecule has 6 heterocycles. The van der Waals surface area contributed by atoms with E-state index in [4.69, 9.17) is 4.98 Å². The van der Waals surface area contributed by atoms with Crippen LogP contribution in [-0.4, -0.2) is 73.3 Å². The van der Waals surface area contributed by atoms with Gasteiger partial charge in [0.15, 0.2) is 5.65 Å². The fourth-order valence-electron chi connectivity index (χ4n) is 5.51. The van der Waals surface area contributed by atoms with Crippen molar-refractivity contribution in [2.24, 2.45) is 0 Å². The van der Waals surface area contributed by atoms with Gasteiger partial charge in [0.25, 0.3) is 5.92 Å². The molecule has 0 amide bonds. The van der Waals surface area contributed by atoms with Crippen molar-refractivity contribution in [3.8, 4) is 22.4 Å². The second kappa shape index (κ2) is 9.48. The predicted molar refractivity (Wildman–Crippen MR) is 140 cm³/mol. The number of H-pyrrole nitrogens is 1. The number of fused-ring (bicyclic) bond motifs is 1. The Labute approximate surface area is 214 Å². The van der Waals surface area contributed by atoms with E-state index in [1.165, 1.54) is 0 Å². The molecule has 0 radical (unpaired) electrons. The smallest absolute Gasteiger partial charge is 0.251 e. The fraction of sp³-hybridized carbons (Fsp3) is 0.481. The molecule has 0 atom stereocenters. The summed E-state index contributed by atoms with van der Waals surface area (Å²) in [5.41, 5.74) is 6.01. The van der Waals surface area contributed by atoms with Gasteiger partial charge in [-0.1, -0.05) is 6.92 Å². The summed E-state index contributed by atoms with van der Waals surface area (Å²) in [6.45, 7) is 8.11. The van der Waals surface area contributed by atoms with Crippen molar-refractivity contribution in [3.63, 3.8) is 0 Å². The average Bonchev–Trinajstić information content (AvgIpc) is 3.56. The Morgan fingerprint density at radius 3 is 2.54 bits per heavy atom. The molecule has 0 saturated carbocycles. The van der Waals surface area contributed by atoms with E-state index in [0.29, 0.717) is 19.1 Å². The zero-order valence-corrected chi connectivity index (χ0v) is 21.3. The highest BCUT2D eigenvalue weighted by molar-refractivity contribution is 5.91. The Morgan fingerprint density at radius 1 is 1.03 bits per heavy atom. The molecule has 2 fully saturated rings. The van der Waals surface area contributed by atoms with Crippen molar-refractivity contribution in [1.29, 1.82) is 0 Å². The van der Waals surface area contributed by atoms with Gasteiger partial charge in [0.1, 0.15) is 11.3 Å². The molecule has 4 aromatic rings. The fourth-order valence-corrected chi connectivity index (χ4v) is 5.51. The molecule has 10 heteroatoms. The van der Waals surface area contributed by atoms with Crippen molar-refractivity contribution in [1.82, 2.24) is 34.6 Å². The molecule has 0 spiro atoms. The van der Waals surface area contributed by atoms with Crippen LogP contribution in [0.3, 0.4) is 0 Å². The first-order valence-corrected chi connectivity index (χ1v) is 13.1. The van der Waals surface area contributed by atoms with Gasteiger partial charge in [-0.3, -0.25) is 4.68 Å². The monoisotopic (exact) mass is 506 g/mol. The van der Waals surface area contributed by atoms with E-state index < -0.39 is 5.92 Å². The van der Waals surface area contributed by atoms with E-state index in [1.807, 2.05) is 30.3 Å². The minimum Gasteiger partial charge on any atom is -0.356 e. The van der Waals surface area contributed by atoms with Gasteiger partial charge in [0, 0.05) is 74.3 Å². The molecule has 0 unspecified atom stereocenters. The normalized spacial score (nSPS) is 19.1. The van der Waals surface area contributed by atoms with Crippen LogP contribution in [0, 0.1) is 6.92 Å². The van der Waals surface area contributed by atoms with Gasteiger partial charge in [-0.15, -0.1) is 0 Å². The van der Waals surface area contributed by atoms with Crippen LogP contribution in [0.25, 0.3) is 33.5 Å². The zero-order chi connectivity index (χ0) is 25.6. The number of nitrogens with one attached hydrogen (secondary N) is 1. The van der Waals surface area contributed by atoms with Crippen molar-refractivity contribution >= 4 is 17.0 Å². The van der Waals surface area contributed by atoms with Gasteiger partial charge >= 0.3 is 0 Å². The minimum absolute atomic E-state index is 0.136. The quantitative estimate of drug-likeness (QED) is 0.407. The molecule has 0 aromatic carbocycles. The average molecular weight is 507 g/mol. The molecule has 2 aliphatic heterocycles. The number of aryl methyl sites for hydroxylation is 1. The maximum Gasteiger partial charge on any atom is 0.251 e. The SMILES string of the molecule is CCN1CCC(n2cc(-c3c[nH]c4ncc(-c5cnc(N6CCC(F)(F)CC6)c(C)c5)nc34)cn2)CC1. The topological polar surface area (TPSA) is 78.8 Å². The molecule has 4 aromatic heterocycles. The lowest BCUT2D eigenvalue weighted by molar-refractivity contribution is -0.0221. The molecule has 2 aliphatic rings. The lowest BCUT2D eigenvalue weighted by Gasteiger charge is -2.33. The molecule has 6 rings (SSSR count). The van der Waals surface area contributed by atoms with Crippen molar-refractivity contribution < 1.29 is 8.78 Å². The van der Waals surface area contributed by atoms with Gasteiger partial charge < -0.3 is 14.8 Å². The summed E-state index contributed by atoms with van der Waals surface area (Å²) < 4.78 is 29.3. The zero-order valence-electron chi connectivity index (χ0n) is 21.3. The number of likely N-dealkylation sites (tertiary alicyclic amines) is 1. The summed E-state index contributed by atoms with van der Waals surface area (Å²) in [6, 6.07) is 2.43. The molecule has 2 saturated heterocycles. The van der Waals surface area contributed by atoms with E-state index in [1.54, 1.807) is 12.4 Å². The summed E-state index contributed by atoms with van der Waals surface area (Å²) in [7, 11) is 0. The van der Waals surface area contributed by atoms with Crippen molar-refractivity contribution in [2.45, 2.75) is 51.5 Å². The summed E-state index contributed by atoms with van der Waals surface area (Å²) in [6.07, 6.45) is 11.4. The van der Waals surface area contributed by atoms with Gasteiger partial charge in [0.2, 0.25) is 0 Å². The number of halogens is 2. The third-order valence-electron chi connectivity index (χ3n) is 7.81. The highest BCUT2D eigenvalue weighted by atomic mass is 19.3. The summed E-state index contributed by atoms with van der Waals surface area (Å²) >= 11 is 0. The van der Waals surface area contributed by atoms with E-state index in [0.717, 1.165) is 77.4 Å². The number of aromatic amines is 1. The number of hydrogen-bond donors (Lipinski definition) is 1. The van der Waals surface area contributed by atoms with Crippen LogP contribution in [0.4, 0.5) is 14.6 Å². The standard InChI is InChI=1S/C27H32F2N8/c1-3-35-8-4-21(5-9-35)37-17-20(14-33-37)22-15-30-25-24(22)34-23(16-31-25)19-12-18(2)26(32-13-19)36-10-6-27(28,29)7-11-36/h12-17,21H,3-11H2,1-2H3,(H,30,31). The second-order valence-corrected chi connectivity index (χ2v) is 10.2. The van der Waals surface area contributed by atoms with Gasteiger partial charge in [0.05, 0.1) is 24.1 Å². The van der Waals surface area contributed by atoms with Gasteiger partial charge in [-0.05, 0) is 37.9 Å². The number of anilines is 1. The molecule has 8 nitrogen and oxygen atoms in total. The maximum absolute atomic E-state index is 13.6. The number of aromatic nitrogens is 6. The Hall–Kier alpha value is -3.40. The Balaban J connectivity index is 1.25. The van der Waals surface area contributed by atoms with Crippen molar-refractivity contribution in [2.75, 3.05) is 37.6 Å². The first-order chi connectivity index (χ1) is 17.9. The molecular formula is C27H32F2N8. The van der Waals surface area contributed by atoms with Crippen LogP contribution in [0.2, 0.25) is 0 Å². The lowest BCUT2D eigenvalue weighted by atomic mass is 10.1. The largest absolute Gasteiger partial charge is 0.356 e. The third kappa shape index (κ3) is 4.70. The maximum atomic E-state index is 13.6. The first-order valence-electron chi connectivity index (χ1n) is 13.1. The molecular weight excluding hydrogens is 474 g/mol. The predicted octanol–water partition coefficient (Wildman–Crippen LogP) is 5.08. The Kier molecular flexibility index (Phi) is 6.14. The number of pyridine rings is 1. The lowest BCUT2D eigenvalue weighted by Crippen LogP contribution is -2.40. The molecule has 0 aliphatic carbocycles. The molecule has 0 bridgehead atoms. The van der Waals surface area contributed by atoms with Gasteiger partial charge in [-0.25, -0.2) is 23.7 Å². The number of alkyl halides is 2. The van der Waals surface area contributed by atoms with E-state index in [2.05, 4.69) is 42.8 Å². The Morgan fingerprint density at radius 2 is 1.81 bits per heavy atom. The molecule has 194 valence electrons. The van der Waals surface area contributed by atoms with Gasteiger partial charge in [-0.2, -0.15) is 5.10 Å². The number of piperidine rings is 2. The van der Waals surface area contributed by atoms with Crippen LogP contribution >= 0.6 is 0 Å². The number of nitrogens with zero attached hydrogens (tertiary/aromatic N) is 7. The van der Waals surface area contributed by atoms with Crippen LogP contribution in [-0.2, 0) is 0 Å². The number of hydrogen-bond acceptors (Lipinski definition) is 6. The summed E-state index contributed by atoms with van der Waals surface area (Å²) in [5.74, 6) is -1.82. The second-order valence-electron chi connectivity index (χ2n) is 10.2. The molecule has 37 heavy (non-hydrogen) atoms. The van der Waals surface area contributed by atoms with Crippen LogP contribution in [0.1, 0.15) is 44.2 Å². The minimum atomic E-state index is -2.58. The number of rotatable bonds is 5. The van der Waals surface area contributed by atoms with Crippen LogP contribution < -0.4 is 4.90 Å². The highest BCUT2D eigenvalue weighted by Crippen LogP contribution is 2.33. The summed E-state index contributed by atoms with van der Waals surface area (Å²) in [4.78, 5) is 21.8. The van der Waals surface area contributed by atoms with E-state index in [9.17, 15) is 8.78 Å². The Bertz CT molecular complexity index is 1390. The van der Waals surface area contributed by atoms with Crippen molar-refractivity contribution in [3.05, 3.63) is 42.6 Å². The summed E-state index contributed by atoms with van der Waals surface area (Å²) in [5, 5.41) is 4.68. The van der Waals surface area contributed by atoms with E-state index >= 15 is 0 Å². The van der Waals surface area contributed by atoms with Crippen LogP contribution in [0.5, 0.6) is 0 Å². The first kappa shape index (κ1) is 24.0. The van der Waals surface area contributed by atoms with E-state index in [-0.39, 0.29) is 12.8 Å². The third-order valence-corrected chi connectivity index (χ3v) is 7.81. The highest BCUT2D eigenvalue weighted by Gasteiger charge is 2.34.